The number of fused-ring (bicyclic) bond motifs is 2. The molecule has 1 fully saturated rings. The maximum atomic E-state index is 12.4. The Kier molecular flexibility index (Phi) is 5.80. The molecule has 0 aliphatic carbocycles. The Morgan fingerprint density at radius 3 is 2.77 bits per heavy atom. The van der Waals surface area contributed by atoms with Gasteiger partial charge in [-0.25, -0.2) is 0 Å². The number of rotatable bonds is 7. The van der Waals surface area contributed by atoms with E-state index in [9.17, 15) is 4.79 Å². The molecule has 0 unspecified atom stereocenters. The molecule has 3 heterocycles. The first-order valence-electron chi connectivity index (χ1n) is 11.4. The van der Waals surface area contributed by atoms with Crippen LogP contribution in [0.25, 0.3) is 10.9 Å². The highest BCUT2D eigenvalue weighted by Gasteiger charge is 2.23. The summed E-state index contributed by atoms with van der Waals surface area (Å²) in [7, 11) is 0. The molecular formula is C25H30N4O2. The lowest BCUT2D eigenvalue weighted by atomic mass is 10.1. The summed E-state index contributed by atoms with van der Waals surface area (Å²) in [5, 5.41) is 4.11. The Morgan fingerprint density at radius 2 is 1.90 bits per heavy atom. The van der Waals surface area contributed by atoms with Gasteiger partial charge in [-0.3, -0.25) is 9.69 Å². The van der Waals surface area contributed by atoms with Crippen molar-refractivity contribution in [2.75, 3.05) is 50.8 Å². The number of carbonyl (C=O) groups is 1. The molecule has 0 saturated carbocycles. The van der Waals surface area contributed by atoms with Crippen LogP contribution in [-0.2, 0) is 6.42 Å². The maximum absolute atomic E-state index is 12.4. The highest BCUT2D eigenvalue weighted by molar-refractivity contribution is 5.97. The molecule has 1 amide bonds. The van der Waals surface area contributed by atoms with Gasteiger partial charge in [0.15, 0.2) is 0 Å². The number of ether oxygens (including phenoxy) is 1. The van der Waals surface area contributed by atoms with Crippen LogP contribution in [0.1, 0.15) is 28.9 Å². The number of hydrogen-bond acceptors (Lipinski definition) is 4. The molecule has 0 spiro atoms. The lowest BCUT2D eigenvalue weighted by Crippen LogP contribution is -2.46. The minimum atomic E-state index is -0.0255. The number of benzene rings is 2. The van der Waals surface area contributed by atoms with Gasteiger partial charge in [-0.15, -0.1) is 0 Å². The van der Waals surface area contributed by atoms with Crippen molar-refractivity contribution in [2.24, 2.45) is 0 Å². The van der Waals surface area contributed by atoms with Crippen LogP contribution in [0.5, 0.6) is 5.75 Å². The zero-order valence-electron chi connectivity index (χ0n) is 17.9. The average Bonchev–Trinajstić information content (AvgIpc) is 3.46. The lowest BCUT2D eigenvalue weighted by molar-refractivity contribution is 0.0948. The standard InChI is InChI=1S/C25H30N4O2/c30-25(22-18-20-6-1-2-8-21(20)27-22)26-11-3-4-12-28-13-15-29(16-14-28)23-9-5-7-19-10-17-31-24(19)23/h1-2,5-9,18,27H,3-4,10-17H2,(H,26,30). The number of nitrogens with one attached hydrogen (secondary N) is 2. The van der Waals surface area contributed by atoms with E-state index in [0.29, 0.717) is 12.2 Å². The second kappa shape index (κ2) is 9.02. The monoisotopic (exact) mass is 418 g/mol. The summed E-state index contributed by atoms with van der Waals surface area (Å²) >= 11 is 0. The van der Waals surface area contributed by atoms with E-state index in [2.05, 4.69) is 38.3 Å². The van der Waals surface area contributed by atoms with E-state index in [4.69, 9.17) is 4.74 Å². The van der Waals surface area contributed by atoms with Gasteiger partial charge in [0, 0.05) is 50.0 Å². The SMILES string of the molecule is O=C(NCCCCN1CCN(c2cccc3c2OCC3)CC1)c1cc2ccccc2[nH]1. The molecule has 0 radical (unpaired) electrons. The zero-order valence-corrected chi connectivity index (χ0v) is 17.9. The molecule has 2 aromatic carbocycles. The second-order valence-electron chi connectivity index (χ2n) is 8.43. The highest BCUT2D eigenvalue weighted by atomic mass is 16.5. The molecule has 1 saturated heterocycles. The fourth-order valence-corrected chi connectivity index (χ4v) is 4.61. The predicted molar refractivity (Wildman–Crippen MR) is 124 cm³/mol. The summed E-state index contributed by atoms with van der Waals surface area (Å²) in [5.74, 6) is 1.07. The van der Waals surface area contributed by atoms with Gasteiger partial charge >= 0.3 is 0 Å². The first kappa shape index (κ1) is 19.9. The molecule has 5 rings (SSSR count). The molecule has 1 aromatic heterocycles. The number of H-pyrrole nitrogens is 1. The van der Waals surface area contributed by atoms with Crippen molar-refractivity contribution < 1.29 is 9.53 Å². The summed E-state index contributed by atoms with van der Waals surface area (Å²) in [4.78, 5) is 20.5. The van der Waals surface area contributed by atoms with Crippen LogP contribution in [0.4, 0.5) is 5.69 Å². The number of aromatic amines is 1. The zero-order chi connectivity index (χ0) is 21.0. The molecule has 2 aliphatic heterocycles. The fraction of sp³-hybridized carbons (Fsp3) is 0.400. The third kappa shape index (κ3) is 4.39. The molecular weight excluding hydrogens is 388 g/mol. The highest BCUT2D eigenvalue weighted by Crippen LogP contribution is 2.36. The van der Waals surface area contributed by atoms with Crippen LogP contribution in [0, 0.1) is 0 Å². The molecule has 6 nitrogen and oxygen atoms in total. The third-order valence-electron chi connectivity index (χ3n) is 6.37. The largest absolute Gasteiger partial charge is 0.491 e. The topological polar surface area (TPSA) is 60.6 Å². The Morgan fingerprint density at radius 1 is 1.03 bits per heavy atom. The van der Waals surface area contributed by atoms with Crippen molar-refractivity contribution in [3.05, 3.63) is 59.8 Å². The number of para-hydroxylation sites is 2. The molecule has 0 bridgehead atoms. The summed E-state index contributed by atoms with van der Waals surface area (Å²) < 4.78 is 5.88. The smallest absolute Gasteiger partial charge is 0.267 e. The van der Waals surface area contributed by atoms with E-state index in [-0.39, 0.29) is 5.91 Å². The van der Waals surface area contributed by atoms with Crippen LogP contribution in [0.15, 0.2) is 48.5 Å². The summed E-state index contributed by atoms with van der Waals surface area (Å²) in [5.41, 5.74) is 4.23. The van der Waals surface area contributed by atoms with Crippen LogP contribution < -0.4 is 15.0 Å². The molecule has 0 atom stereocenters. The van der Waals surface area contributed by atoms with Crippen molar-refractivity contribution in [3.8, 4) is 5.75 Å². The van der Waals surface area contributed by atoms with E-state index in [1.165, 1.54) is 11.3 Å². The van der Waals surface area contributed by atoms with Crippen molar-refractivity contribution >= 4 is 22.5 Å². The number of amides is 1. The quantitative estimate of drug-likeness (QED) is 0.577. The number of hydrogen-bond donors (Lipinski definition) is 2. The summed E-state index contributed by atoms with van der Waals surface area (Å²) in [6.45, 7) is 6.83. The maximum Gasteiger partial charge on any atom is 0.267 e. The number of aromatic nitrogens is 1. The molecule has 6 heteroatoms. The molecule has 162 valence electrons. The van der Waals surface area contributed by atoms with Gasteiger partial charge in [-0.05, 0) is 43.1 Å². The van der Waals surface area contributed by atoms with Gasteiger partial charge in [0.05, 0.1) is 12.3 Å². The van der Waals surface area contributed by atoms with E-state index in [0.717, 1.165) is 75.2 Å². The summed E-state index contributed by atoms with van der Waals surface area (Å²) in [6, 6.07) is 16.4. The van der Waals surface area contributed by atoms with Gasteiger partial charge in [0.1, 0.15) is 11.4 Å². The van der Waals surface area contributed by atoms with E-state index >= 15 is 0 Å². The van der Waals surface area contributed by atoms with Crippen LogP contribution in [-0.4, -0.2) is 61.7 Å². The Balaban J connectivity index is 1.02. The van der Waals surface area contributed by atoms with Crippen molar-refractivity contribution in [1.82, 2.24) is 15.2 Å². The second-order valence-corrected chi connectivity index (χ2v) is 8.43. The number of anilines is 1. The van der Waals surface area contributed by atoms with Gasteiger partial charge in [-0.1, -0.05) is 30.3 Å². The Hall–Kier alpha value is -2.99. The van der Waals surface area contributed by atoms with Gasteiger partial charge < -0.3 is 19.9 Å². The van der Waals surface area contributed by atoms with Crippen molar-refractivity contribution in [2.45, 2.75) is 19.3 Å². The summed E-state index contributed by atoms with van der Waals surface area (Å²) in [6.07, 6.45) is 3.11. The Bertz CT molecular complexity index is 1020. The van der Waals surface area contributed by atoms with Gasteiger partial charge in [0.25, 0.3) is 5.91 Å². The van der Waals surface area contributed by atoms with Crippen molar-refractivity contribution in [3.63, 3.8) is 0 Å². The normalized spacial score (nSPS) is 16.3. The first-order chi connectivity index (χ1) is 15.3. The van der Waals surface area contributed by atoms with E-state index < -0.39 is 0 Å². The number of carbonyl (C=O) groups excluding carboxylic acids is 1. The number of piperazine rings is 1. The number of unbranched alkanes of at least 4 members (excludes halogenated alkanes) is 1. The minimum Gasteiger partial charge on any atom is -0.491 e. The van der Waals surface area contributed by atoms with Crippen LogP contribution in [0.3, 0.4) is 0 Å². The minimum absolute atomic E-state index is 0.0255. The van der Waals surface area contributed by atoms with Gasteiger partial charge in [-0.2, -0.15) is 0 Å². The average molecular weight is 419 g/mol. The lowest BCUT2D eigenvalue weighted by Gasteiger charge is -2.36. The third-order valence-corrected chi connectivity index (χ3v) is 6.37. The van der Waals surface area contributed by atoms with Crippen LogP contribution >= 0.6 is 0 Å². The molecule has 2 N–H and O–H groups in total. The Labute approximate surface area is 183 Å². The predicted octanol–water partition coefficient (Wildman–Crippen LogP) is 3.44. The number of nitrogens with zero attached hydrogens (tertiary/aromatic N) is 2. The van der Waals surface area contributed by atoms with E-state index in [1.54, 1.807) is 0 Å². The first-order valence-corrected chi connectivity index (χ1v) is 11.4. The molecule has 31 heavy (non-hydrogen) atoms. The molecule has 3 aromatic rings. The van der Waals surface area contributed by atoms with E-state index in [1.807, 2.05) is 30.3 Å². The van der Waals surface area contributed by atoms with Gasteiger partial charge in [0.2, 0.25) is 0 Å². The van der Waals surface area contributed by atoms with Crippen molar-refractivity contribution in [1.29, 1.82) is 0 Å². The van der Waals surface area contributed by atoms with Crippen LogP contribution in [0.2, 0.25) is 0 Å². The molecule has 2 aliphatic rings. The fourth-order valence-electron chi connectivity index (χ4n) is 4.61.